The maximum atomic E-state index is 12.7. The van der Waals surface area contributed by atoms with Crippen LogP contribution < -0.4 is 5.32 Å². The molecule has 1 aliphatic carbocycles. The number of rotatable bonds is 3. The highest BCUT2D eigenvalue weighted by Gasteiger charge is 2.35. The zero-order valence-electron chi connectivity index (χ0n) is 10.9. The van der Waals surface area contributed by atoms with Crippen molar-refractivity contribution in [3.8, 4) is 0 Å². The lowest BCUT2D eigenvalue weighted by Crippen LogP contribution is -2.16. The second kappa shape index (κ2) is 5.28. The first kappa shape index (κ1) is 14.8. The number of pyridine rings is 1. The average molecular weight is 332 g/mol. The summed E-state index contributed by atoms with van der Waals surface area (Å²) in [5, 5.41) is 1.70. The molecule has 2 aromatic heterocycles. The highest BCUT2D eigenvalue weighted by Crippen LogP contribution is 2.39. The molecule has 1 saturated carbocycles. The second-order valence-corrected chi connectivity index (χ2v) is 5.23. The van der Waals surface area contributed by atoms with Crippen LogP contribution in [-0.4, -0.2) is 15.9 Å². The van der Waals surface area contributed by atoms with Gasteiger partial charge in [0.1, 0.15) is 12.1 Å². The van der Waals surface area contributed by atoms with Crippen LogP contribution >= 0.6 is 11.6 Å². The first-order valence-electron chi connectivity index (χ1n) is 6.35. The number of amides is 1. The fourth-order valence-electron chi connectivity index (χ4n) is 1.80. The largest absolute Gasteiger partial charge is 0.448 e. The van der Waals surface area contributed by atoms with E-state index in [1.165, 1.54) is 12.3 Å². The molecule has 2 aromatic rings. The van der Waals surface area contributed by atoms with Crippen LogP contribution in [0.1, 0.15) is 40.8 Å². The molecule has 0 spiro atoms. The Morgan fingerprint density at radius 2 is 2.05 bits per heavy atom. The van der Waals surface area contributed by atoms with Gasteiger partial charge in [-0.05, 0) is 25.0 Å². The number of aromatic nitrogens is 2. The van der Waals surface area contributed by atoms with Crippen molar-refractivity contribution in [2.75, 3.05) is 5.32 Å². The minimum Gasteiger partial charge on any atom is -0.448 e. The predicted molar refractivity (Wildman–Crippen MR) is 70.7 cm³/mol. The zero-order chi connectivity index (χ0) is 15.9. The van der Waals surface area contributed by atoms with Crippen molar-refractivity contribution in [2.45, 2.75) is 24.9 Å². The molecule has 0 saturated heterocycles. The van der Waals surface area contributed by atoms with E-state index in [1.54, 1.807) is 0 Å². The number of carbonyl (C=O) groups is 1. The summed E-state index contributed by atoms with van der Waals surface area (Å²) in [4.78, 5) is 19.2. The van der Waals surface area contributed by atoms with Crippen LogP contribution in [0.4, 0.5) is 19.0 Å². The number of halogens is 4. The van der Waals surface area contributed by atoms with Crippen molar-refractivity contribution in [1.82, 2.24) is 9.97 Å². The molecule has 1 amide bonds. The van der Waals surface area contributed by atoms with Crippen molar-refractivity contribution in [1.29, 1.82) is 0 Å². The van der Waals surface area contributed by atoms with Gasteiger partial charge < -0.3 is 9.73 Å². The quantitative estimate of drug-likeness (QED) is 0.927. The molecule has 0 bridgehead atoms. The Bertz CT molecular complexity index is 726. The molecular formula is C13H9ClF3N3O2. The van der Waals surface area contributed by atoms with Crippen LogP contribution in [0.3, 0.4) is 0 Å². The van der Waals surface area contributed by atoms with Gasteiger partial charge in [-0.15, -0.1) is 0 Å². The highest BCUT2D eigenvalue weighted by molar-refractivity contribution is 6.31. The van der Waals surface area contributed by atoms with E-state index in [4.69, 9.17) is 16.0 Å². The summed E-state index contributed by atoms with van der Waals surface area (Å²) < 4.78 is 43.3. The lowest BCUT2D eigenvalue weighted by Gasteiger charge is -2.09. The molecule has 22 heavy (non-hydrogen) atoms. The van der Waals surface area contributed by atoms with E-state index in [-0.39, 0.29) is 17.4 Å². The van der Waals surface area contributed by atoms with Crippen molar-refractivity contribution < 1.29 is 22.4 Å². The summed E-state index contributed by atoms with van der Waals surface area (Å²) in [6, 6.07) is 2.20. The molecule has 0 aromatic carbocycles. The van der Waals surface area contributed by atoms with E-state index >= 15 is 0 Å². The van der Waals surface area contributed by atoms with Gasteiger partial charge in [0.05, 0.1) is 5.02 Å². The molecule has 1 aliphatic rings. The lowest BCUT2D eigenvalue weighted by molar-refractivity contribution is -0.141. The van der Waals surface area contributed by atoms with Crippen LogP contribution in [-0.2, 0) is 6.18 Å². The zero-order valence-corrected chi connectivity index (χ0v) is 11.7. The molecule has 1 fully saturated rings. The van der Waals surface area contributed by atoms with Crippen LogP contribution in [0.25, 0.3) is 0 Å². The first-order chi connectivity index (χ1) is 10.3. The molecule has 0 atom stereocenters. The Morgan fingerprint density at radius 3 is 2.68 bits per heavy atom. The molecular weight excluding hydrogens is 323 g/mol. The molecule has 9 heteroatoms. The van der Waals surface area contributed by atoms with Gasteiger partial charge in [-0.3, -0.25) is 4.79 Å². The number of nitrogens with zero attached hydrogens (tertiary/aromatic N) is 2. The van der Waals surface area contributed by atoms with Crippen molar-refractivity contribution in [3.05, 3.63) is 40.7 Å². The lowest BCUT2D eigenvalue weighted by atomic mass is 10.3. The summed E-state index contributed by atoms with van der Waals surface area (Å²) in [5.41, 5.74) is -1.27. The number of hydrogen-bond acceptors (Lipinski definition) is 4. The summed E-state index contributed by atoms with van der Waals surface area (Å²) in [6.07, 6.45) is -1.63. The van der Waals surface area contributed by atoms with Gasteiger partial charge in [-0.2, -0.15) is 13.2 Å². The highest BCUT2D eigenvalue weighted by atomic mass is 35.5. The van der Waals surface area contributed by atoms with E-state index in [0.717, 1.165) is 18.9 Å². The van der Waals surface area contributed by atoms with Crippen molar-refractivity contribution in [2.24, 2.45) is 0 Å². The molecule has 0 aliphatic heterocycles. The fourth-order valence-corrected chi connectivity index (χ4v) is 2.01. The third-order valence-corrected chi connectivity index (χ3v) is 3.34. The Kier molecular flexibility index (Phi) is 3.56. The molecule has 5 nitrogen and oxygen atoms in total. The van der Waals surface area contributed by atoms with E-state index in [0.29, 0.717) is 5.89 Å². The molecule has 116 valence electrons. The SMILES string of the molecule is O=C(Nc1ccc(Cl)c(C(F)(F)F)n1)c1coc(C2CC2)n1. The van der Waals surface area contributed by atoms with Crippen molar-refractivity contribution >= 4 is 23.3 Å². The fraction of sp³-hybridized carbons (Fsp3) is 0.308. The Hall–Kier alpha value is -2.09. The molecule has 0 radical (unpaired) electrons. The van der Waals surface area contributed by atoms with E-state index < -0.39 is 22.8 Å². The maximum absolute atomic E-state index is 12.7. The Morgan fingerprint density at radius 1 is 1.32 bits per heavy atom. The summed E-state index contributed by atoms with van der Waals surface area (Å²) >= 11 is 5.46. The summed E-state index contributed by atoms with van der Waals surface area (Å²) in [7, 11) is 0. The van der Waals surface area contributed by atoms with E-state index in [1.807, 2.05) is 0 Å². The van der Waals surface area contributed by atoms with Gasteiger partial charge >= 0.3 is 6.18 Å². The molecule has 1 N–H and O–H groups in total. The first-order valence-corrected chi connectivity index (χ1v) is 6.73. The van der Waals surface area contributed by atoms with Crippen LogP contribution in [0.5, 0.6) is 0 Å². The second-order valence-electron chi connectivity index (χ2n) is 4.82. The van der Waals surface area contributed by atoms with Crippen molar-refractivity contribution in [3.63, 3.8) is 0 Å². The minimum absolute atomic E-state index is 0.00721. The monoisotopic (exact) mass is 331 g/mol. The summed E-state index contributed by atoms with van der Waals surface area (Å²) in [5.74, 6) is -0.270. The smallest absolute Gasteiger partial charge is 0.434 e. The number of anilines is 1. The normalized spacial score (nSPS) is 14.9. The number of carbonyl (C=O) groups excluding carboxylic acids is 1. The van der Waals surface area contributed by atoms with Gasteiger partial charge in [-0.1, -0.05) is 11.6 Å². The third-order valence-electron chi connectivity index (χ3n) is 3.04. The Labute approximate surface area is 127 Å². The maximum Gasteiger partial charge on any atom is 0.434 e. The van der Waals surface area contributed by atoms with Crippen LogP contribution in [0.15, 0.2) is 22.8 Å². The van der Waals surface area contributed by atoms with Gasteiger partial charge in [-0.25, -0.2) is 9.97 Å². The van der Waals surface area contributed by atoms with Gasteiger partial charge in [0, 0.05) is 5.92 Å². The number of oxazole rings is 1. The van der Waals surface area contributed by atoms with E-state index in [2.05, 4.69) is 15.3 Å². The molecule has 0 unspecified atom stereocenters. The van der Waals surface area contributed by atoms with Crippen LogP contribution in [0.2, 0.25) is 5.02 Å². The number of nitrogens with one attached hydrogen (secondary N) is 1. The minimum atomic E-state index is -4.70. The Balaban J connectivity index is 1.78. The summed E-state index contributed by atoms with van der Waals surface area (Å²) in [6.45, 7) is 0. The van der Waals surface area contributed by atoms with Gasteiger partial charge in [0.25, 0.3) is 5.91 Å². The van der Waals surface area contributed by atoms with E-state index in [9.17, 15) is 18.0 Å². The van der Waals surface area contributed by atoms with Gasteiger partial charge in [0.15, 0.2) is 17.3 Å². The predicted octanol–water partition coefficient (Wildman–Crippen LogP) is 3.87. The molecule has 2 heterocycles. The van der Waals surface area contributed by atoms with Crippen LogP contribution in [0, 0.1) is 0 Å². The molecule has 3 rings (SSSR count). The third kappa shape index (κ3) is 3.06. The standard InChI is InChI=1S/C13H9ClF3N3O2/c14-7-3-4-9(19-10(7)13(15,16)17)20-11(21)8-5-22-12(18-8)6-1-2-6/h3-6H,1-2H2,(H,19,20,21). The van der Waals surface area contributed by atoms with Gasteiger partial charge in [0.2, 0.25) is 0 Å². The topological polar surface area (TPSA) is 68.0 Å². The number of alkyl halides is 3. The average Bonchev–Trinajstić information content (AvgIpc) is 3.17. The number of hydrogen-bond donors (Lipinski definition) is 1.